The number of hydrogen-bond acceptors (Lipinski definition) is 6. The number of halogens is 1. The number of carbonyl (C=O) groups excluding carboxylic acids is 1. The van der Waals surface area contributed by atoms with Crippen LogP contribution in [0.1, 0.15) is 37.8 Å². The SMILES string of the molecule is CCC1(CC)OCCN2C1=NC(C(=O)NCc1ccc(F)c(C)c1)=C(O)C2O. The molecular weight excluding hydrogens is 365 g/mol. The molecule has 1 aromatic carbocycles. The van der Waals surface area contributed by atoms with Crippen LogP contribution in [0.3, 0.4) is 0 Å². The first-order chi connectivity index (χ1) is 13.3. The molecule has 0 aromatic heterocycles. The van der Waals surface area contributed by atoms with Gasteiger partial charge in [0.15, 0.2) is 17.7 Å². The van der Waals surface area contributed by atoms with Crippen molar-refractivity contribution in [1.82, 2.24) is 10.2 Å². The van der Waals surface area contributed by atoms with Gasteiger partial charge in [-0.25, -0.2) is 9.38 Å². The molecule has 28 heavy (non-hydrogen) atoms. The molecule has 7 nitrogen and oxygen atoms in total. The molecule has 2 aliphatic heterocycles. The Morgan fingerprint density at radius 1 is 1.43 bits per heavy atom. The highest BCUT2D eigenvalue weighted by atomic mass is 19.1. The average molecular weight is 391 g/mol. The fourth-order valence-electron chi connectivity index (χ4n) is 3.63. The normalized spacial score (nSPS) is 21.2. The predicted molar refractivity (Wildman–Crippen MR) is 102 cm³/mol. The predicted octanol–water partition coefficient (Wildman–Crippen LogP) is 2.14. The van der Waals surface area contributed by atoms with Crippen molar-refractivity contribution in [3.63, 3.8) is 0 Å². The monoisotopic (exact) mass is 391 g/mol. The Morgan fingerprint density at radius 3 is 2.79 bits per heavy atom. The first kappa shape index (κ1) is 20.3. The number of carbonyl (C=O) groups is 1. The molecular formula is C20H26FN3O4. The van der Waals surface area contributed by atoms with Gasteiger partial charge in [-0.05, 0) is 37.0 Å². The summed E-state index contributed by atoms with van der Waals surface area (Å²) in [6.07, 6.45) is -0.103. The summed E-state index contributed by atoms with van der Waals surface area (Å²) >= 11 is 0. The van der Waals surface area contributed by atoms with Gasteiger partial charge < -0.3 is 25.2 Å². The smallest absolute Gasteiger partial charge is 0.273 e. The van der Waals surface area contributed by atoms with Crippen LogP contribution in [0.25, 0.3) is 0 Å². The van der Waals surface area contributed by atoms with E-state index in [1.165, 1.54) is 6.07 Å². The fourth-order valence-corrected chi connectivity index (χ4v) is 3.63. The third kappa shape index (κ3) is 3.49. The van der Waals surface area contributed by atoms with E-state index >= 15 is 0 Å². The van der Waals surface area contributed by atoms with E-state index in [1.807, 2.05) is 13.8 Å². The molecule has 0 radical (unpaired) electrons. The molecule has 3 N–H and O–H groups in total. The van der Waals surface area contributed by atoms with Gasteiger partial charge in [-0.3, -0.25) is 4.79 Å². The highest BCUT2D eigenvalue weighted by Gasteiger charge is 2.46. The fraction of sp³-hybridized carbons (Fsp3) is 0.500. The van der Waals surface area contributed by atoms with Crippen LogP contribution in [0.5, 0.6) is 0 Å². The maximum Gasteiger partial charge on any atom is 0.273 e. The Balaban J connectivity index is 1.85. The van der Waals surface area contributed by atoms with Crippen molar-refractivity contribution >= 4 is 11.7 Å². The van der Waals surface area contributed by atoms with Crippen molar-refractivity contribution in [3.8, 4) is 0 Å². The zero-order valence-electron chi connectivity index (χ0n) is 16.3. The van der Waals surface area contributed by atoms with E-state index in [4.69, 9.17) is 4.74 Å². The molecule has 1 fully saturated rings. The molecule has 3 rings (SSSR count). The summed E-state index contributed by atoms with van der Waals surface area (Å²) in [6, 6.07) is 4.56. The second kappa shape index (κ2) is 7.89. The van der Waals surface area contributed by atoms with Gasteiger partial charge in [-0.15, -0.1) is 0 Å². The van der Waals surface area contributed by atoms with Crippen LogP contribution in [-0.4, -0.2) is 51.8 Å². The molecule has 1 atom stereocenters. The summed E-state index contributed by atoms with van der Waals surface area (Å²) in [6.45, 7) is 6.47. The van der Waals surface area contributed by atoms with Gasteiger partial charge in [-0.2, -0.15) is 0 Å². The van der Waals surface area contributed by atoms with Crippen LogP contribution >= 0.6 is 0 Å². The number of amidine groups is 1. The minimum Gasteiger partial charge on any atom is -0.506 e. The number of nitrogens with one attached hydrogen (secondary N) is 1. The highest BCUT2D eigenvalue weighted by molar-refractivity contribution is 6.01. The van der Waals surface area contributed by atoms with Gasteiger partial charge in [0.2, 0.25) is 0 Å². The lowest BCUT2D eigenvalue weighted by molar-refractivity contribution is -0.118. The number of aliphatic hydroxyl groups is 2. The van der Waals surface area contributed by atoms with E-state index in [0.717, 1.165) is 5.56 Å². The summed E-state index contributed by atoms with van der Waals surface area (Å²) in [5.74, 6) is -0.959. The topological polar surface area (TPSA) is 94.4 Å². The van der Waals surface area contributed by atoms with Crippen molar-refractivity contribution in [2.75, 3.05) is 13.2 Å². The van der Waals surface area contributed by atoms with Gasteiger partial charge in [0, 0.05) is 13.1 Å². The van der Waals surface area contributed by atoms with Gasteiger partial charge in [0.1, 0.15) is 17.3 Å². The number of aliphatic imine (C=N–C) groups is 1. The lowest BCUT2D eigenvalue weighted by atomic mass is 9.91. The van der Waals surface area contributed by atoms with E-state index < -0.39 is 23.5 Å². The summed E-state index contributed by atoms with van der Waals surface area (Å²) in [7, 11) is 0. The van der Waals surface area contributed by atoms with Gasteiger partial charge >= 0.3 is 0 Å². The van der Waals surface area contributed by atoms with Crippen LogP contribution in [0.15, 0.2) is 34.6 Å². The Morgan fingerprint density at radius 2 is 2.14 bits per heavy atom. The van der Waals surface area contributed by atoms with E-state index in [1.54, 1.807) is 24.0 Å². The molecule has 0 bridgehead atoms. The zero-order valence-corrected chi connectivity index (χ0v) is 16.3. The molecule has 1 amide bonds. The maximum atomic E-state index is 13.4. The van der Waals surface area contributed by atoms with E-state index in [9.17, 15) is 19.4 Å². The van der Waals surface area contributed by atoms with Crippen molar-refractivity contribution < 1.29 is 24.1 Å². The Kier molecular flexibility index (Phi) is 5.71. The van der Waals surface area contributed by atoms with Crippen molar-refractivity contribution in [2.24, 2.45) is 4.99 Å². The number of fused-ring (bicyclic) bond motifs is 1. The Bertz CT molecular complexity index is 833. The molecule has 0 spiro atoms. The largest absolute Gasteiger partial charge is 0.506 e. The zero-order chi connectivity index (χ0) is 20.5. The first-order valence-corrected chi connectivity index (χ1v) is 9.47. The number of aliphatic hydroxyl groups excluding tert-OH is 2. The molecule has 1 aromatic rings. The van der Waals surface area contributed by atoms with Gasteiger partial charge in [0.25, 0.3) is 5.91 Å². The third-order valence-corrected chi connectivity index (χ3v) is 5.42. The first-order valence-electron chi connectivity index (χ1n) is 9.47. The lowest BCUT2D eigenvalue weighted by Gasteiger charge is -2.47. The average Bonchev–Trinajstić information content (AvgIpc) is 2.70. The van der Waals surface area contributed by atoms with Crippen LogP contribution in [0.4, 0.5) is 4.39 Å². The quantitative estimate of drug-likeness (QED) is 0.715. The third-order valence-electron chi connectivity index (χ3n) is 5.42. The Labute approximate surface area is 163 Å². The number of aryl methyl sites for hydroxylation is 1. The molecule has 1 saturated heterocycles. The van der Waals surface area contributed by atoms with Crippen molar-refractivity contribution in [3.05, 3.63) is 46.6 Å². The number of morpholine rings is 1. The van der Waals surface area contributed by atoms with Crippen LogP contribution in [0, 0.1) is 12.7 Å². The Hall–Kier alpha value is -2.45. The number of nitrogens with zero attached hydrogens (tertiary/aromatic N) is 2. The number of ether oxygens (including phenoxy) is 1. The van der Waals surface area contributed by atoms with Crippen molar-refractivity contribution in [2.45, 2.75) is 52.0 Å². The second-order valence-electron chi connectivity index (χ2n) is 7.05. The van der Waals surface area contributed by atoms with E-state index in [0.29, 0.717) is 37.4 Å². The summed E-state index contributed by atoms with van der Waals surface area (Å²) < 4.78 is 19.3. The minimum absolute atomic E-state index is 0.143. The summed E-state index contributed by atoms with van der Waals surface area (Å²) in [4.78, 5) is 18.6. The summed E-state index contributed by atoms with van der Waals surface area (Å²) in [5.41, 5.74) is 0.261. The lowest BCUT2D eigenvalue weighted by Crippen LogP contribution is -2.61. The number of benzene rings is 1. The molecule has 152 valence electrons. The number of amides is 1. The van der Waals surface area contributed by atoms with Crippen LogP contribution in [-0.2, 0) is 16.1 Å². The molecule has 8 heteroatoms. The van der Waals surface area contributed by atoms with Crippen molar-refractivity contribution in [1.29, 1.82) is 0 Å². The van der Waals surface area contributed by atoms with Crippen LogP contribution < -0.4 is 5.32 Å². The highest BCUT2D eigenvalue weighted by Crippen LogP contribution is 2.33. The molecule has 2 heterocycles. The number of rotatable bonds is 5. The second-order valence-corrected chi connectivity index (χ2v) is 7.05. The molecule has 0 saturated carbocycles. The minimum atomic E-state index is -1.34. The number of hydrogen-bond donors (Lipinski definition) is 3. The molecule has 1 unspecified atom stereocenters. The standard InChI is InChI=1S/C20H26FN3O4/c1-4-20(5-2)19-23-15(16(25)18(27)24(19)8-9-28-20)17(26)22-11-13-6-7-14(21)12(3)10-13/h6-7,10,18,25,27H,4-5,8-9,11H2,1-3H3,(H,22,26). The van der Waals surface area contributed by atoms with Gasteiger partial charge in [-0.1, -0.05) is 26.0 Å². The molecule has 2 aliphatic rings. The van der Waals surface area contributed by atoms with Gasteiger partial charge in [0.05, 0.1) is 6.61 Å². The van der Waals surface area contributed by atoms with E-state index in [-0.39, 0.29) is 18.1 Å². The van der Waals surface area contributed by atoms with E-state index in [2.05, 4.69) is 10.3 Å². The maximum absolute atomic E-state index is 13.4. The van der Waals surface area contributed by atoms with Crippen LogP contribution in [0.2, 0.25) is 0 Å². The summed E-state index contributed by atoms with van der Waals surface area (Å²) in [5, 5.41) is 23.6. The molecule has 0 aliphatic carbocycles.